The van der Waals surface area contributed by atoms with Crippen LogP contribution in [-0.2, 0) is 5.54 Å². The molecule has 1 unspecified atom stereocenters. The Kier molecular flexibility index (Phi) is 3.79. The first-order valence-corrected chi connectivity index (χ1v) is 6.00. The SMILES string of the molecule is CNCC(C)c1c(C)nn(C(C)(C)C)c1C. The molecule has 0 amide bonds. The van der Waals surface area contributed by atoms with Crippen LogP contribution in [0.5, 0.6) is 0 Å². The Morgan fingerprint density at radius 2 is 1.88 bits per heavy atom. The summed E-state index contributed by atoms with van der Waals surface area (Å²) in [6, 6.07) is 0. The second-order valence-electron chi connectivity index (χ2n) is 5.63. The third-order valence-corrected chi connectivity index (χ3v) is 2.99. The fraction of sp³-hybridized carbons (Fsp3) is 0.769. The summed E-state index contributed by atoms with van der Waals surface area (Å²) < 4.78 is 2.14. The summed E-state index contributed by atoms with van der Waals surface area (Å²) in [5, 5.41) is 7.91. The van der Waals surface area contributed by atoms with Crippen LogP contribution in [0.25, 0.3) is 0 Å². The van der Waals surface area contributed by atoms with E-state index in [2.05, 4.69) is 56.6 Å². The molecule has 1 rings (SSSR count). The maximum atomic E-state index is 4.67. The quantitative estimate of drug-likeness (QED) is 0.853. The maximum absolute atomic E-state index is 4.67. The van der Waals surface area contributed by atoms with E-state index in [4.69, 9.17) is 0 Å². The van der Waals surface area contributed by atoms with Crippen LogP contribution < -0.4 is 5.32 Å². The number of aromatic nitrogens is 2. The van der Waals surface area contributed by atoms with Crippen LogP contribution in [0.1, 0.15) is 50.6 Å². The van der Waals surface area contributed by atoms with Crippen molar-refractivity contribution < 1.29 is 0 Å². The Balaban J connectivity index is 3.17. The molecule has 0 aliphatic rings. The fourth-order valence-corrected chi connectivity index (χ4v) is 2.43. The Morgan fingerprint density at radius 1 is 1.31 bits per heavy atom. The summed E-state index contributed by atoms with van der Waals surface area (Å²) in [5.74, 6) is 0.515. The molecule has 0 aliphatic heterocycles. The highest BCUT2D eigenvalue weighted by Crippen LogP contribution is 2.26. The molecule has 16 heavy (non-hydrogen) atoms. The van der Waals surface area contributed by atoms with Gasteiger partial charge in [0.2, 0.25) is 0 Å². The lowest BCUT2D eigenvalue weighted by atomic mass is 9.98. The summed E-state index contributed by atoms with van der Waals surface area (Å²) in [7, 11) is 2.00. The van der Waals surface area contributed by atoms with Crippen LogP contribution >= 0.6 is 0 Å². The molecule has 0 aliphatic carbocycles. The van der Waals surface area contributed by atoms with Crippen molar-refractivity contribution in [2.24, 2.45) is 0 Å². The second-order valence-corrected chi connectivity index (χ2v) is 5.63. The molecule has 92 valence electrons. The smallest absolute Gasteiger partial charge is 0.0631 e. The maximum Gasteiger partial charge on any atom is 0.0631 e. The zero-order chi connectivity index (χ0) is 12.5. The number of likely N-dealkylation sites (N-methyl/N-ethyl adjacent to an activating group) is 1. The van der Waals surface area contributed by atoms with E-state index in [0.717, 1.165) is 12.2 Å². The first-order chi connectivity index (χ1) is 7.29. The molecule has 0 fully saturated rings. The molecular weight excluding hydrogens is 198 g/mol. The molecule has 1 N–H and O–H groups in total. The van der Waals surface area contributed by atoms with E-state index in [9.17, 15) is 0 Å². The number of hydrogen-bond donors (Lipinski definition) is 1. The first-order valence-electron chi connectivity index (χ1n) is 6.00. The van der Waals surface area contributed by atoms with E-state index < -0.39 is 0 Å². The predicted octanol–water partition coefficient (Wildman–Crippen LogP) is 2.58. The van der Waals surface area contributed by atoms with Gasteiger partial charge in [-0.05, 0) is 47.6 Å². The van der Waals surface area contributed by atoms with E-state index in [-0.39, 0.29) is 5.54 Å². The zero-order valence-electron chi connectivity index (χ0n) is 11.7. The predicted molar refractivity (Wildman–Crippen MR) is 69.0 cm³/mol. The highest BCUT2D eigenvalue weighted by molar-refractivity contribution is 5.29. The monoisotopic (exact) mass is 223 g/mol. The molecule has 1 atom stereocenters. The molecule has 3 nitrogen and oxygen atoms in total. The largest absolute Gasteiger partial charge is 0.319 e. The molecule has 0 aromatic carbocycles. The molecule has 0 spiro atoms. The van der Waals surface area contributed by atoms with Crippen molar-refractivity contribution in [3.05, 3.63) is 17.0 Å². The Hall–Kier alpha value is -0.830. The molecule has 0 radical (unpaired) electrons. The second kappa shape index (κ2) is 4.58. The number of hydrogen-bond acceptors (Lipinski definition) is 2. The molecular formula is C13H25N3. The highest BCUT2D eigenvalue weighted by atomic mass is 15.3. The normalized spacial score (nSPS) is 14.2. The van der Waals surface area contributed by atoms with Gasteiger partial charge in [-0.1, -0.05) is 6.92 Å². The van der Waals surface area contributed by atoms with Gasteiger partial charge in [-0.3, -0.25) is 4.68 Å². The summed E-state index contributed by atoms with van der Waals surface area (Å²) in [5.41, 5.74) is 3.92. The number of aryl methyl sites for hydroxylation is 1. The van der Waals surface area contributed by atoms with Gasteiger partial charge in [0, 0.05) is 17.8 Å². The molecule has 3 heteroatoms. The first kappa shape index (κ1) is 13.2. The average Bonchev–Trinajstić information content (AvgIpc) is 2.41. The van der Waals surface area contributed by atoms with Crippen molar-refractivity contribution in [2.75, 3.05) is 13.6 Å². The van der Waals surface area contributed by atoms with Crippen LogP contribution in [0.2, 0.25) is 0 Å². The van der Waals surface area contributed by atoms with Gasteiger partial charge >= 0.3 is 0 Å². The summed E-state index contributed by atoms with van der Waals surface area (Å²) in [6.45, 7) is 14.1. The molecule has 0 bridgehead atoms. The summed E-state index contributed by atoms with van der Waals surface area (Å²) in [6.07, 6.45) is 0. The highest BCUT2D eigenvalue weighted by Gasteiger charge is 2.23. The Labute approximate surface area is 99.2 Å². The van der Waals surface area contributed by atoms with E-state index in [1.54, 1.807) is 0 Å². The van der Waals surface area contributed by atoms with Crippen molar-refractivity contribution in [3.63, 3.8) is 0 Å². The van der Waals surface area contributed by atoms with E-state index in [0.29, 0.717) is 5.92 Å². The molecule has 0 saturated carbocycles. The van der Waals surface area contributed by atoms with Gasteiger partial charge in [0.1, 0.15) is 0 Å². The van der Waals surface area contributed by atoms with Gasteiger partial charge in [-0.15, -0.1) is 0 Å². The lowest BCUT2D eigenvalue weighted by Gasteiger charge is -2.22. The van der Waals surface area contributed by atoms with Crippen molar-refractivity contribution >= 4 is 0 Å². The van der Waals surface area contributed by atoms with Gasteiger partial charge in [0.05, 0.1) is 11.2 Å². The van der Waals surface area contributed by atoms with Crippen LogP contribution in [0.4, 0.5) is 0 Å². The third-order valence-electron chi connectivity index (χ3n) is 2.99. The number of nitrogens with one attached hydrogen (secondary N) is 1. The van der Waals surface area contributed by atoms with E-state index in [1.807, 2.05) is 7.05 Å². The van der Waals surface area contributed by atoms with Crippen LogP contribution in [0, 0.1) is 13.8 Å². The number of nitrogens with zero attached hydrogens (tertiary/aromatic N) is 2. The molecule has 0 saturated heterocycles. The van der Waals surface area contributed by atoms with Gasteiger partial charge in [0.25, 0.3) is 0 Å². The minimum absolute atomic E-state index is 0.0620. The van der Waals surface area contributed by atoms with Crippen LogP contribution in [0.15, 0.2) is 0 Å². The molecule has 1 heterocycles. The topological polar surface area (TPSA) is 29.9 Å². The Morgan fingerprint density at radius 3 is 2.25 bits per heavy atom. The number of rotatable bonds is 3. The van der Waals surface area contributed by atoms with E-state index in [1.165, 1.54) is 11.3 Å². The minimum atomic E-state index is 0.0620. The van der Waals surface area contributed by atoms with Gasteiger partial charge in [0.15, 0.2) is 0 Å². The lowest BCUT2D eigenvalue weighted by molar-refractivity contribution is 0.346. The zero-order valence-corrected chi connectivity index (χ0v) is 11.7. The van der Waals surface area contributed by atoms with Crippen molar-refractivity contribution in [1.82, 2.24) is 15.1 Å². The Bertz CT molecular complexity index is 358. The van der Waals surface area contributed by atoms with Crippen molar-refractivity contribution in [3.8, 4) is 0 Å². The van der Waals surface area contributed by atoms with Crippen LogP contribution in [-0.4, -0.2) is 23.4 Å². The summed E-state index contributed by atoms with van der Waals surface area (Å²) >= 11 is 0. The van der Waals surface area contributed by atoms with Crippen LogP contribution in [0.3, 0.4) is 0 Å². The minimum Gasteiger partial charge on any atom is -0.319 e. The molecule has 1 aromatic heterocycles. The standard InChI is InChI=1S/C13H25N3/c1-9(8-14-7)12-10(2)15-16(11(12)3)13(4,5)6/h9,14H,8H2,1-7H3. The fourth-order valence-electron chi connectivity index (χ4n) is 2.43. The lowest BCUT2D eigenvalue weighted by Crippen LogP contribution is -2.24. The van der Waals surface area contributed by atoms with Crippen molar-refractivity contribution in [2.45, 2.75) is 53.0 Å². The molecule has 1 aromatic rings. The van der Waals surface area contributed by atoms with Crippen molar-refractivity contribution in [1.29, 1.82) is 0 Å². The summed E-state index contributed by atoms with van der Waals surface area (Å²) in [4.78, 5) is 0. The van der Waals surface area contributed by atoms with Gasteiger partial charge in [-0.2, -0.15) is 5.10 Å². The van der Waals surface area contributed by atoms with E-state index >= 15 is 0 Å². The third kappa shape index (κ3) is 2.46. The van der Waals surface area contributed by atoms with Gasteiger partial charge in [-0.25, -0.2) is 0 Å². The van der Waals surface area contributed by atoms with Gasteiger partial charge < -0.3 is 5.32 Å². The average molecular weight is 223 g/mol.